The number of nitroso groups, excluding NO2 is 1. The number of aliphatic hydroxyl groups excluding tert-OH is 1. The van der Waals surface area contributed by atoms with Gasteiger partial charge in [0.2, 0.25) is 5.70 Å². The van der Waals surface area contributed by atoms with E-state index in [9.17, 15) is 19.6 Å². The number of halogens is 1. The Balaban J connectivity index is 2.08. The van der Waals surface area contributed by atoms with Crippen LogP contribution >= 0.6 is 23.4 Å². The lowest BCUT2D eigenvalue weighted by molar-refractivity contribution is -0.144. The van der Waals surface area contributed by atoms with Crippen LogP contribution in [0.25, 0.3) is 0 Å². The van der Waals surface area contributed by atoms with Crippen LogP contribution in [0.1, 0.15) is 0 Å². The molecule has 1 saturated heterocycles. The maximum Gasteiger partial charge on any atom is 0.277 e. The number of hydrogen-bond donors (Lipinski definition) is 2. The van der Waals surface area contributed by atoms with Crippen molar-refractivity contribution in [3.05, 3.63) is 40.8 Å². The molecule has 2 aliphatic rings. The van der Waals surface area contributed by atoms with Gasteiger partial charge in [0.25, 0.3) is 11.8 Å². The third-order valence-electron chi connectivity index (χ3n) is 3.06. The third kappa shape index (κ3) is 2.81. The molecule has 2 unspecified atom stereocenters. The van der Waals surface area contributed by atoms with Crippen LogP contribution in [-0.4, -0.2) is 44.9 Å². The molecule has 0 spiro atoms. The van der Waals surface area contributed by atoms with Gasteiger partial charge in [-0.05, 0) is 10.7 Å². The minimum absolute atomic E-state index is 0.240. The van der Waals surface area contributed by atoms with E-state index < -0.39 is 29.3 Å². The van der Waals surface area contributed by atoms with Gasteiger partial charge in [-0.1, -0.05) is 12.7 Å². The van der Waals surface area contributed by atoms with Gasteiger partial charge in [0.1, 0.15) is 17.2 Å². The highest BCUT2D eigenvalue weighted by Crippen LogP contribution is 2.36. The summed E-state index contributed by atoms with van der Waals surface area (Å²) in [5.74, 6) is -1.58. The van der Waals surface area contributed by atoms with Crippen molar-refractivity contribution in [3.63, 3.8) is 0 Å². The van der Waals surface area contributed by atoms with Gasteiger partial charge in [0.15, 0.2) is 0 Å². The summed E-state index contributed by atoms with van der Waals surface area (Å²) in [7, 11) is 0. The Morgan fingerprint density at radius 2 is 2.43 bits per heavy atom. The van der Waals surface area contributed by atoms with Gasteiger partial charge < -0.3 is 15.3 Å². The number of hydrogen-bond acceptors (Lipinski definition) is 6. The second-order valence-electron chi connectivity index (χ2n) is 4.33. The first-order chi connectivity index (χ1) is 10.0. The average Bonchev–Trinajstić information content (AvgIpc) is 2.52. The molecule has 7 nitrogen and oxygen atoms in total. The van der Waals surface area contributed by atoms with Crippen molar-refractivity contribution in [2.45, 2.75) is 11.4 Å². The number of amides is 2. The molecule has 1 fully saturated rings. The smallest absolute Gasteiger partial charge is 0.277 e. The zero-order valence-corrected chi connectivity index (χ0v) is 12.4. The number of carbonyl (C=O) groups excluding carboxylic acids is 2. The van der Waals surface area contributed by atoms with Crippen LogP contribution in [0.15, 0.2) is 41.1 Å². The molecule has 2 N–H and O–H groups in total. The van der Waals surface area contributed by atoms with Crippen LogP contribution in [-0.2, 0) is 9.59 Å². The minimum Gasteiger partial charge on any atom is -0.508 e. The summed E-state index contributed by atoms with van der Waals surface area (Å²) >= 11 is 6.81. The highest BCUT2D eigenvalue weighted by Gasteiger charge is 2.49. The minimum atomic E-state index is -0.916. The number of aliphatic hydroxyl groups is 1. The first kappa shape index (κ1) is 15.6. The van der Waals surface area contributed by atoms with E-state index in [-0.39, 0.29) is 11.3 Å². The lowest BCUT2D eigenvalue weighted by Crippen LogP contribution is -2.68. The van der Waals surface area contributed by atoms with E-state index in [1.807, 2.05) is 0 Å². The van der Waals surface area contributed by atoms with Gasteiger partial charge in [-0.3, -0.25) is 9.59 Å². The van der Waals surface area contributed by atoms with E-state index in [0.717, 1.165) is 5.57 Å². The third-order valence-corrected chi connectivity index (χ3v) is 4.65. The number of allylic oxidation sites excluding steroid dienone is 2. The molecule has 0 aromatic heterocycles. The number of alkyl halides is 1. The van der Waals surface area contributed by atoms with E-state index in [1.54, 1.807) is 12.3 Å². The quantitative estimate of drug-likeness (QED) is 0.260. The van der Waals surface area contributed by atoms with Crippen molar-refractivity contribution in [1.29, 1.82) is 0 Å². The number of rotatable bonds is 5. The molecule has 2 amide bonds. The summed E-state index contributed by atoms with van der Waals surface area (Å²) in [5, 5.41) is 13.9. The van der Waals surface area contributed by atoms with E-state index in [4.69, 9.17) is 11.6 Å². The highest BCUT2D eigenvalue weighted by atomic mass is 35.5. The first-order valence-electron chi connectivity index (χ1n) is 5.92. The maximum absolute atomic E-state index is 11.9. The fourth-order valence-corrected chi connectivity index (χ4v) is 3.32. The van der Waals surface area contributed by atoms with E-state index in [2.05, 4.69) is 17.1 Å². The lowest BCUT2D eigenvalue weighted by Gasteiger charge is -2.47. The Labute approximate surface area is 129 Å². The second-order valence-corrected chi connectivity index (χ2v) is 5.70. The molecule has 0 aromatic rings. The number of thioether (sulfide) groups is 1. The molecule has 9 heteroatoms. The zero-order chi connectivity index (χ0) is 15.6. The zero-order valence-electron chi connectivity index (χ0n) is 10.8. The van der Waals surface area contributed by atoms with E-state index in [1.165, 1.54) is 16.7 Å². The highest BCUT2D eigenvalue weighted by molar-refractivity contribution is 8.00. The van der Waals surface area contributed by atoms with Gasteiger partial charge in [0.05, 0.1) is 5.88 Å². The van der Waals surface area contributed by atoms with Crippen molar-refractivity contribution < 1.29 is 14.7 Å². The Hall–Kier alpha value is -1.80. The van der Waals surface area contributed by atoms with Crippen molar-refractivity contribution in [2.24, 2.45) is 5.18 Å². The molecule has 2 aliphatic heterocycles. The molecular weight excluding hydrogens is 318 g/mol. The van der Waals surface area contributed by atoms with E-state index >= 15 is 0 Å². The topological polar surface area (TPSA) is 99.1 Å². The molecule has 2 heterocycles. The van der Waals surface area contributed by atoms with Crippen molar-refractivity contribution in [1.82, 2.24) is 10.2 Å². The fourth-order valence-electron chi connectivity index (χ4n) is 1.94. The molecule has 2 atom stereocenters. The summed E-state index contributed by atoms with van der Waals surface area (Å²) in [6, 6.07) is -0.759. The van der Waals surface area contributed by atoms with Gasteiger partial charge in [-0.2, -0.15) is 0 Å². The average molecular weight is 330 g/mol. The number of nitrogens with one attached hydrogen (secondary N) is 1. The number of nitrogens with zero attached hydrogens (tertiary/aromatic N) is 2. The monoisotopic (exact) mass is 329 g/mol. The number of carbonyl (C=O) groups is 2. The SMILES string of the molecule is C=CC1=CN2C(=O)C(NC(=O)/C(N=O)=C(\O)CCl)C2SC1. The van der Waals surface area contributed by atoms with Gasteiger partial charge >= 0.3 is 0 Å². The molecule has 0 saturated carbocycles. The van der Waals surface area contributed by atoms with Crippen LogP contribution in [0.2, 0.25) is 0 Å². The summed E-state index contributed by atoms with van der Waals surface area (Å²) in [6.45, 7) is 3.64. The first-order valence-corrected chi connectivity index (χ1v) is 7.51. The van der Waals surface area contributed by atoms with Gasteiger partial charge in [0, 0.05) is 12.0 Å². The molecular formula is C12H12ClN3O4S. The van der Waals surface area contributed by atoms with Crippen molar-refractivity contribution in [3.8, 4) is 0 Å². The normalized spacial score (nSPS) is 25.1. The Morgan fingerprint density at radius 3 is 3.00 bits per heavy atom. The fraction of sp³-hybridized carbons (Fsp3) is 0.333. The van der Waals surface area contributed by atoms with Crippen LogP contribution in [0.4, 0.5) is 0 Å². The summed E-state index contributed by atoms with van der Waals surface area (Å²) in [6.07, 6.45) is 3.35. The van der Waals surface area contributed by atoms with E-state index in [0.29, 0.717) is 5.75 Å². The molecule has 0 aromatic carbocycles. The summed E-state index contributed by atoms with van der Waals surface area (Å²) in [5.41, 5.74) is 0.212. The standard InChI is InChI=1S/C12H12ClN3O4S/c1-2-6-4-16-11(19)9(12(16)21-5-6)14-10(18)8(15-20)7(17)3-13/h2,4,9,12,17H,1,3,5H2,(H,14,18)/b8-7+. The van der Waals surface area contributed by atoms with Crippen LogP contribution < -0.4 is 5.32 Å². The van der Waals surface area contributed by atoms with Crippen LogP contribution in [0.3, 0.4) is 0 Å². The molecule has 21 heavy (non-hydrogen) atoms. The summed E-state index contributed by atoms with van der Waals surface area (Å²) in [4.78, 5) is 35.8. The molecule has 2 rings (SSSR count). The van der Waals surface area contributed by atoms with Crippen molar-refractivity contribution >= 4 is 35.2 Å². The predicted octanol–water partition coefficient (Wildman–Crippen LogP) is 1.23. The van der Waals surface area contributed by atoms with Crippen molar-refractivity contribution in [2.75, 3.05) is 11.6 Å². The second kappa shape index (κ2) is 6.31. The predicted molar refractivity (Wildman–Crippen MR) is 79.5 cm³/mol. The number of fused-ring (bicyclic) bond motifs is 1. The Bertz CT molecular complexity index is 575. The van der Waals surface area contributed by atoms with Gasteiger partial charge in [-0.25, -0.2) is 0 Å². The molecule has 0 radical (unpaired) electrons. The Morgan fingerprint density at radius 1 is 1.71 bits per heavy atom. The summed E-state index contributed by atoms with van der Waals surface area (Å²) < 4.78 is 0. The lowest BCUT2D eigenvalue weighted by atomic mass is 10.1. The molecule has 0 bridgehead atoms. The molecule has 112 valence electrons. The maximum atomic E-state index is 11.9. The van der Waals surface area contributed by atoms with Crippen LogP contribution in [0, 0.1) is 4.91 Å². The van der Waals surface area contributed by atoms with Gasteiger partial charge in [-0.15, -0.1) is 28.3 Å². The largest absolute Gasteiger partial charge is 0.508 e. The van der Waals surface area contributed by atoms with Crippen LogP contribution in [0.5, 0.6) is 0 Å². The number of β-lactam (4-membered cyclic amide) rings is 1. The Kier molecular flexibility index (Phi) is 4.69. The molecule has 0 aliphatic carbocycles.